The van der Waals surface area contributed by atoms with Crippen LogP contribution in [0.4, 0.5) is 5.69 Å². The van der Waals surface area contributed by atoms with Gasteiger partial charge in [0.15, 0.2) is 0 Å². The summed E-state index contributed by atoms with van der Waals surface area (Å²) in [6.07, 6.45) is 3.35. The molecule has 4 heteroatoms. The van der Waals surface area contributed by atoms with Crippen LogP contribution in [0, 0.1) is 12.3 Å². The third-order valence-corrected chi connectivity index (χ3v) is 2.49. The first-order valence-electron chi connectivity index (χ1n) is 5.29. The lowest BCUT2D eigenvalue weighted by molar-refractivity contribution is -0.119. The van der Waals surface area contributed by atoms with Crippen molar-refractivity contribution >= 4 is 11.6 Å². The second kappa shape index (κ2) is 4.61. The maximum Gasteiger partial charge on any atom is 0.241 e. The standard InChI is InChI=1S/C12H19N3O/c1-8-7-14-6-5-9(8)15-11(16)10(13)12(2,3)4/h5-7,10H,13H2,1-4H3,(H,14,15,16). The number of nitrogens with one attached hydrogen (secondary N) is 1. The van der Waals surface area contributed by atoms with E-state index in [1.54, 1.807) is 18.5 Å². The number of aryl methyl sites for hydroxylation is 1. The number of anilines is 1. The molecule has 0 radical (unpaired) electrons. The lowest BCUT2D eigenvalue weighted by atomic mass is 9.87. The van der Waals surface area contributed by atoms with Crippen molar-refractivity contribution in [1.29, 1.82) is 0 Å². The molecule has 1 amide bonds. The lowest BCUT2D eigenvalue weighted by Crippen LogP contribution is -2.45. The first-order valence-corrected chi connectivity index (χ1v) is 5.29. The number of aromatic nitrogens is 1. The van der Waals surface area contributed by atoms with Crippen LogP contribution >= 0.6 is 0 Å². The minimum absolute atomic E-state index is 0.165. The molecule has 4 nitrogen and oxygen atoms in total. The number of hydrogen-bond acceptors (Lipinski definition) is 3. The molecule has 0 saturated heterocycles. The van der Waals surface area contributed by atoms with Gasteiger partial charge in [0.25, 0.3) is 0 Å². The van der Waals surface area contributed by atoms with Gasteiger partial charge in [-0.3, -0.25) is 9.78 Å². The molecule has 0 fully saturated rings. The van der Waals surface area contributed by atoms with Crippen LogP contribution in [0.3, 0.4) is 0 Å². The molecule has 0 aromatic carbocycles. The minimum atomic E-state index is -0.528. The molecule has 1 rings (SSSR count). The van der Waals surface area contributed by atoms with E-state index in [2.05, 4.69) is 10.3 Å². The van der Waals surface area contributed by atoms with E-state index in [0.717, 1.165) is 11.3 Å². The van der Waals surface area contributed by atoms with Crippen LogP contribution in [0.2, 0.25) is 0 Å². The van der Waals surface area contributed by atoms with Gasteiger partial charge >= 0.3 is 0 Å². The minimum Gasteiger partial charge on any atom is -0.324 e. The van der Waals surface area contributed by atoms with Crippen LogP contribution in [0.5, 0.6) is 0 Å². The Kier molecular flexibility index (Phi) is 3.65. The van der Waals surface area contributed by atoms with E-state index in [9.17, 15) is 4.79 Å². The summed E-state index contributed by atoms with van der Waals surface area (Å²) in [5.74, 6) is -0.165. The Morgan fingerprint density at radius 1 is 1.50 bits per heavy atom. The van der Waals surface area contributed by atoms with Crippen molar-refractivity contribution in [3.63, 3.8) is 0 Å². The van der Waals surface area contributed by atoms with E-state index in [1.807, 2.05) is 27.7 Å². The topological polar surface area (TPSA) is 68.0 Å². The molecular formula is C12H19N3O. The first-order chi connectivity index (χ1) is 7.32. The molecule has 1 heterocycles. The summed E-state index contributed by atoms with van der Waals surface area (Å²) in [6.45, 7) is 7.72. The van der Waals surface area contributed by atoms with Gasteiger partial charge in [0.05, 0.1) is 6.04 Å². The molecule has 0 aliphatic heterocycles. The highest BCUT2D eigenvalue weighted by Gasteiger charge is 2.27. The zero-order valence-electron chi connectivity index (χ0n) is 10.2. The molecule has 1 unspecified atom stereocenters. The van der Waals surface area contributed by atoms with Gasteiger partial charge < -0.3 is 11.1 Å². The van der Waals surface area contributed by atoms with Crippen molar-refractivity contribution in [2.24, 2.45) is 11.1 Å². The monoisotopic (exact) mass is 221 g/mol. The fourth-order valence-corrected chi connectivity index (χ4v) is 1.22. The third kappa shape index (κ3) is 3.03. The van der Waals surface area contributed by atoms with Crippen LogP contribution in [0.25, 0.3) is 0 Å². The quantitative estimate of drug-likeness (QED) is 0.798. The van der Waals surface area contributed by atoms with E-state index in [4.69, 9.17) is 5.73 Å². The molecule has 1 aromatic rings. The Balaban J connectivity index is 2.76. The number of nitrogens with two attached hydrogens (primary N) is 1. The Labute approximate surface area is 96.3 Å². The van der Waals surface area contributed by atoms with Gasteiger partial charge in [-0.1, -0.05) is 20.8 Å². The molecule has 0 aliphatic rings. The van der Waals surface area contributed by atoms with Crippen LogP contribution < -0.4 is 11.1 Å². The molecule has 16 heavy (non-hydrogen) atoms. The van der Waals surface area contributed by atoms with Crippen molar-refractivity contribution < 1.29 is 4.79 Å². The molecule has 1 atom stereocenters. The van der Waals surface area contributed by atoms with Gasteiger partial charge in [-0.15, -0.1) is 0 Å². The summed E-state index contributed by atoms with van der Waals surface area (Å²) in [5.41, 5.74) is 7.31. The Morgan fingerprint density at radius 2 is 2.12 bits per heavy atom. The number of carbonyl (C=O) groups is 1. The van der Waals surface area contributed by atoms with Crippen LogP contribution in [0.1, 0.15) is 26.3 Å². The SMILES string of the molecule is Cc1cnccc1NC(=O)C(N)C(C)(C)C. The summed E-state index contributed by atoms with van der Waals surface area (Å²) in [5, 5.41) is 2.81. The maximum absolute atomic E-state index is 11.9. The summed E-state index contributed by atoms with van der Waals surface area (Å²) < 4.78 is 0. The summed E-state index contributed by atoms with van der Waals surface area (Å²) >= 11 is 0. The number of rotatable bonds is 2. The molecule has 0 bridgehead atoms. The van der Waals surface area contributed by atoms with Crippen molar-refractivity contribution in [3.05, 3.63) is 24.0 Å². The highest BCUT2D eigenvalue weighted by Crippen LogP contribution is 2.19. The zero-order valence-corrected chi connectivity index (χ0v) is 10.2. The number of hydrogen-bond donors (Lipinski definition) is 2. The van der Waals surface area contributed by atoms with Crippen molar-refractivity contribution in [1.82, 2.24) is 4.98 Å². The number of pyridine rings is 1. The fourth-order valence-electron chi connectivity index (χ4n) is 1.22. The van der Waals surface area contributed by atoms with E-state index >= 15 is 0 Å². The maximum atomic E-state index is 11.9. The molecule has 0 aliphatic carbocycles. The van der Waals surface area contributed by atoms with E-state index < -0.39 is 6.04 Å². The summed E-state index contributed by atoms with van der Waals surface area (Å²) in [7, 11) is 0. The Bertz CT molecular complexity index is 382. The van der Waals surface area contributed by atoms with Crippen molar-refractivity contribution in [2.75, 3.05) is 5.32 Å². The summed E-state index contributed by atoms with van der Waals surface area (Å²) in [4.78, 5) is 15.8. The van der Waals surface area contributed by atoms with Gasteiger partial charge in [0.1, 0.15) is 0 Å². The number of amides is 1. The van der Waals surface area contributed by atoms with Crippen LogP contribution in [-0.2, 0) is 4.79 Å². The third-order valence-electron chi connectivity index (χ3n) is 2.49. The van der Waals surface area contributed by atoms with Gasteiger partial charge in [-0.2, -0.15) is 0 Å². The van der Waals surface area contributed by atoms with Crippen molar-refractivity contribution in [2.45, 2.75) is 33.7 Å². The zero-order chi connectivity index (χ0) is 12.3. The Morgan fingerprint density at radius 3 is 2.62 bits per heavy atom. The van der Waals surface area contributed by atoms with Gasteiger partial charge in [0.2, 0.25) is 5.91 Å². The molecule has 88 valence electrons. The predicted octanol–water partition coefficient (Wildman–Crippen LogP) is 1.70. The highest BCUT2D eigenvalue weighted by atomic mass is 16.2. The van der Waals surface area contributed by atoms with Gasteiger partial charge in [0, 0.05) is 18.1 Å². The Hall–Kier alpha value is -1.42. The van der Waals surface area contributed by atoms with Crippen LogP contribution in [-0.4, -0.2) is 16.9 Å². The lowest BCUT2D eigenvalue weighted by Gasteiger charge is -2.26. The van der Waals surface area contributed by atoms with E-state index in [0.29, 0.717) is 0 Å². The number of carbonyl (C=O) groups excluding carboxylic acids is 1. The fraction of sp³-hybridized carbons (Fsp3) is 0.500. The normalized spacial score (nSPS) is 13.3. The van der Waals surface area contributed by atoms with Gasteiger partial charge in [-0.25, -0.2) is 0 Å². The van der Waals surface area contributed by atoms with E-state index in [1.165, 1.54) is 0 Å². The molecular weight excluding hydrogens is 202 g/mol. The molecule has 1 aromatic heterocycles. The smallest absolute Gasteiger partial charge is 0.241 e. The first kappa shape index (κ1) is 12.6. The average Bonchev–Trinajstić information content (AvgIpc) is 2.19. The second-order valence-corrected chi connectivity index (χ2v) is 5.02. The van der Waals surface area contributed by atoms with E-state index in [-0.39, 0.29) is 11.3 Å². The van der Waals surface area contributed by atoms with Gasteiger partial charge in [-0.05, 0) is 24.0 Å². The molecule has 0 spiro atoms. The van der Waals surface area contributed by atoms with Crippen molar-refractivity contribution in [3.8, 4) is 0 Å². The summed E-state index contributed by atoms with van der Waals surface area (Å²) in [6, 6.07) is 1.24. The highest BCUT2D eigenvalue weighted by molar-refractivity contribution is 5.95. The van der Waals surface area contributed by atoms with Crippen LogP contribution in [0.15, 0.2) is 18.5 Å². The molecule has 0 saturated carbocycles. The molecule has 3 N–H and O–H groups in total. The number of nitrogens with zero attached hydrogens (tertiary/aromatic N) is 1. The predicted molar refractivity (Wildman–Crippen MR) is 65.0 cm³/mol. The average molecular weight is 221 g/mol. The second-order valence-electron chi connectivity index (χ2n) is 5.02. The largest absolute Gasteiger partial charge is 0.324 e.